The van der Waals surface area contributed by atoms with Crippen LogP contribution in [0.2, 0.25) is 0 Å². The summed E-state index contributed by atoms with van der Waals surface area (Å²) in [5.41, 5.74) is 2.59. The maximum atomic E-state index is 11.0. The molecule has 0 radical (unpaired) electrons. The second kappa shape index (κ2) is 5.13. The van der Waals surface area contributed by atoms with Crippen molar-refractivity contribution in [2.24, 2.45) is 17.8 Å². The van der Waals surface area contributed by atoms with Crippen LogP contribution in [0.15, 0.2) is 30.5 Å². The molecular formula is C18H22N2O2. The second-order valence-electron chi connectivity index (χ2n) is 6.89. The number of benzene rings is 1. The predicted octanol–water partition coefficient (Wildman–Crippen LogP) is 2.75. The number of likely N-dealkylation sites (tertiary alicyclic amines) is 1. The molecule has 1 aliphatic heterocycles. The molecule has 22 heavy (non-hydrogen) atoms. The summed E-state index contributed by atoms with van der Waals surface area (Å²) in [5, 5.41) is 10.4. The monoisotopic (exact) mass is 298 g/mol. The Balaban J connectivity index is 1.34. The number of fused-ring (bicyclic) bond motifs is 2. The number of carboxylic acid groups (broad SMARTS) is 1. The highest BCUT2D eigenvalue weighted by atomic mass is 16.4. The van der Waals surface area contributed by atoms with Gasteiger partial charge in [-0.15, -0.1) is 0 Å². The van der Waals surface area contributed by atoms with E-state index < -0.39 is 5.97 Å². The van der Waals surface area contributed by atoms with Gasteiger partial charge in [-0.05, 0) is 43.2 Å². The fourth-order valence-corrected chi connectivity index (χ4v) is 4.17. The number of rotatable bonds is 5. The Labute approximate surface area is 130 Å². The molecule has 116 valence electrons. The van der Waals surface area contributed by atoms with E-state index in [9.17, 15) is 4.79 Å². The van der Waals surface area contributed by atoms with E-state index in [0.29, 0.717) is 17.9 Å². The van der Waals surface area contributed by atoms with Crippen LogP contribution in [0.1, 0.15) is 18.9 Å². The third kappa shape index (κ3) is 2.22. The quantitative estimate of drug-likeness (QED) is 0.892. The molecule has 1 saturated heterocycles. The Morgan fingerprint density at radius 1 is 1.36 bits per heavy atom. The molecule has 2 aliphatic rings. The number of aromatic nitrogens is 1. The molecule has 1 aromatic heterocycles. The molecule has 1 unspecified atom stereocenters. The van der Waals surface area contributed by atoms with E-state index in [1.54, 1.807) is 0 Å². The molecule has 4 heteroatoms. The first-order chi connectivity index (χ1) is 10.6. The van der Waals surface area contributed by atoms with E-state index in [1.807, 2.05) is 0 Å². The molecule has 0 amide bonds. The molecule has 4 nitrogen and oxygen atoms in total. The number of piperidine rings is 1. The maximum absolute atomic E-state index is 11.0. The lowest BCUT2D eigenvalue weighted by molar-refractivity contribution is -0.139. The lowest BCUT2D eigenvalue weighted by atomic mass is 10.0. The van der Waals surface area contributed by atoms with E-state index >= 15 is 0 Å². The zero-order valence-electron chi connectivity index (χ0n) is 12.8. The number of nitrogens with one attached hydrogen (secondary N) is 1. The zero-order valence-corrected chi connectivity index (χ0v) is 12.8. The number of aromatic amines is 1. The zero-order chi connectivity index (χ0) is 15.3. The van der Waals surface area contributed by atoms with Crippen LogP contribution in [0.4, 0.5) is 0 Å². The van der Waals surface area contributed by atoms with Crippen LogP contribution in [0, 0.1) is 17.8 Å². The number of hydrogen-bond acceptors (Lipinski definition) is 2. The van der Waals surface area contributed by atoms with Gasteiger partial charge >= 0.3 is 5.97 Å². The van der Waals surface area contributed by atoms with Crippen LogP contribution >= 0.6 is 0 Å². The predicted molar refractivity (Wildman–Crippen MR) is 85.8 cm³/mol. The van der Waals surface area contributed by atoms with Gasteiger partial charge < -0.3 is 15.0 Å². The fraction of sp³-hybridized carbons (Fsp3) is 0.500. The first kappa shape index (κ1) is 13.8. The smallest absolute Gasteiger partial charge is 0.307 e. The van der Waals surface area contributed by atoms with Crippen molar-refractivity contribution in [1.82, 2.24) is 9.88 Å². The van der Waals surface area contributed by atoms with Crippen molar-refractivity contribution in [3.63, 3.8) is 0 Å². The highest BCUT2D eigenvalue weighted by Gasteiger charge is 2.59. The first-order valence-electron chi connectivity index (χ1n) is 8.17. The summed E-state index contributed by atoms with van der Waals surface area (Å²) in [7, 11) is 0. The maximum Gasteiger partial charge on any atom is 0.307 e. The second-order valence-corrected chi connectivity index (χ2v) is 6.89. The van der Waals surface area contributed by atoms with Gasteiger partial charge in [0.15, 0.2) is 0 Å². The van der Waals surface area contributed by atoms with Crippen LogP contribution in [-0.4, -0.2) is 40.1 Å². The molecule has 2 heterocycles. The van der Waals surface area contributed by atoms with E-state index in [2.05, 4.69) is 47.3 Å². The minimum atomic E-state index is -0.596. The summed E-state index contributed by atoms with van der Waals surface area (Å²) in [5.74, 6) is 0.166. The van der Waals surface area contributed by atoms with Gasteiger partial charge in [0.25, 0.3) is 0 Å². The molecule has 0 spiro atoms. The number of nitrogens with zero attached hydrogens (tertiary/aromatic N) is 1. The van der Waals surface area contributed by atoms with Crippen LogP contribution < -0.4 is 0 Å². The van der Waals surface area contributed by atoms with Crippen LogP contribution in [0.3, 0.4) is 0 Å². The van der Waals surface area contributed by atoms with Crippen molar-refractivity contribution in [2.75, 3.05) is 13.1 Å². The molecule has 2 N–H and O–H groups in total. The number of H-pyrrole nitrogens is 1. The van der Waals surface area contributed by atoms with Gasteiger partial charge in [0.05, 0.1) is 5.92 Å². The van der Waals surface area contributed by atoms with Gasteiger partial charge in [0.1, 0.15) is 0 Å². The standard InChI is InChI=1S/C18H22N2O2/c1-11(20-9-14-15(10-20)17(14)18(21)22)6-7-12-8-19-16-5-3-2-4-13(12)16/h2-5,8,11,14-15,17,19H,6-7,9-10H2,1H3,(H,21,22)/t11-,14-,15+,17?/m1/s1. The number of hydrogen-bond donors (Lipinski definition) is 2. The van der Waals surface area contributed by atoms with E-state index in [0.717, 1.165) is 25.9 Å². The molecule has 2 aromatic rings. The SMILES string of the molecule is C[C@H](CCc1c[nH]c2ccccc12)N1C[C@@H]2C(C(=O)O)[C@@H]2C1. The van der Waals surface area contributed by atoms with Crippen molar-refractivity contribution in [1.29, 1.82) is 0 Å². The van der Waals surface area contributed by atoms with Gasteiger partial charge in [0.2, 0.25) is 0 Å². The number of carbonyl (C=O) groups is 1. The van der Waals surface area contributed by atoms with Gasteiger partial charge in [-0.1, -0.05) is 18.2 Å². The summed E-state index contributed by atoms with van der Waals surface area (Å²) < 4.78 is 0. The van der Waals surface area contributed by atoms with E-state index in [4.69, 9.17) is 5.11 Å². The molecule has 1 aliphatic carbocycles. The minimum absolute atomic E-state index is 0.0583. The third-order valence-corrected chi connectivity index (χ3v) is 5.64. The lowest BCUT2D eigenvalue weighted by Crippen LogP contribution is -2.34. The number of para-hydroxylation sites is 1. The van der Waals surface area contributed by atoms with Crippen LogP contribution in [-0.2, 0) is 11.2 Å². The van der Waals surface area contributed by atoms with Crippen molar-refractivity contribution in [2.45, 2.75) is 25.8 Å². The van der Waals surface area contributed by atoms with Crippen molar-refractivity contribution in [3.05, 3.63) is 36.0 Å². The Morgan fingerprint density at radius 2 is 2.09 bits per heavy atom. The van der Waals surface area contributed by atoms with Crippen LogP contribution in [0.5, 0.6) is 0 Å². The summed E-state index contributed by atoms with van der Waals surface area (Å²) in [4.78, 5) is 16.8. The highest BCUT2D eigenvalue weighted by molar-refractivity contribution is 5.83. The molecule has 1 saturated carbocycles. The van der Waals surface area contributed by atoms with Crippen molar-refractivity contribution in [3.8, 4) is 0 Å². The Bertz CT molecular complexity index is 696. The minimum Gasteiger partial charge on any atom is -0.481 e. The van der Waals surface area contributed by atoms with E-state index in [1.165, 1.54) is 16.5 Å². The van der Waals surface area contributed by atoms with Gasteiger partial charge in [-0.3, -0.25) is 4.79 Å². The number of aryl methyl sites for hydroxylation is 1. The normalized spacial score (nSPS) is 28.7. The van der Waals surface area contributed by atoms with Crippen molar-refractivity contribution >= 4 is 16.9 Å². The van der Waals surface area contributed by atoms with Crippen molar-refractivity contribution < 1.29 is 9.90 Å². The summed E-state index contributed by atoms with van der Waals surface area (Å²) in [6.45, 7) is 4.21. The average Bonchev–Trinajstić information content (AvgIpc) is 2.87. The fourth-order valence-electron chi connectivity index (χ4n) is 4.17. The highest BCUT2D eigenvalue weighted by Crippen LogP contribution is 2.52. The Morgan fingerprint density at radius 3 is 2.82 bits per heavy atom. The Kier molecular flexibility index (Phi) is 3.22. The Hall–Kier alpha value is -1.81. The lowest BCUT2D eigenvalue weighted by Gasteiger charge is -2.26. The van der Waals surface area contributed by atoms with Gasteiger partial charge in [-0.2, -0.15) is 0 Å². The average molecular weight is 298 g/mol. The molecule has 2 fully saturated rings. The first-order valence-corrected chi connectivity index (χ1v) is 8.17. The third-order valence-electron chi connectivity index (χ3n) is 5.64. The largest absolute Gasteiger partial charge is 0.481 e. The summed E-state index contributed by atoms with van der Waals surface area (Å²) >= 11 is 0. The molecular weight excluding hydrogens is 276 g/mol. The summed E-state index contributed by atoms with van der Waals surface area (Å²) in [6, 6.07) is 8.95. The number of carboxylic acids is 1. The van der Waals surface area contributed by atoms with Gasteiger partial charge in [-0.25, -0.2) is 0 Å². The molecule has 4 atom stereocenters. The summed E-state index contributed by atoms with van der Waals surface area (Å²) in [6.07, 6.45) is 4.32. The topological polar surface area (TPSA) is 56.3 Å². The van der Waals surface area contributed by atoms with Gasteiger partial charge in [0, 0.05) is 36.2 Å². The number of aliphatic carboxylic acids is 1. The molecule has 0 bridgehead atoms. The van der Waals surface area contributed by atoms with E-state index in [-0.39, 0.29) is 5.92 Å². The molecule has 4 rings (SSSR count). The molecule has 1 aromatic carbocycles. The van der Waals surface area contributed by atoms with Crippen LogP contribution in [0.25, 0.3) is 10.9 Å².